The molecular formula is C15H22N2O2. The Morgan fingerprint density at radius 1 is 1.37 bits per heavy atom. The maximum absolute atomic E-state index is 12.5. The molecule has 0 aliphatic heterocycles. The van der Waals surface area contributed by atoms with Crippen LogP contribution in [0.4, 0.5) is 0 Å². The average molecular weight is 262 g/mol. The molecule has 1 aliphatic rings. The Bertz CT molecular complexity index is 468. The summed E-state index contributed by atoms with van der Waals surface area (Å²) in [5, 5.41) is 2.92. The normalized spacial score (nSPS) is 23.8. The van der Waals surface area contributed by atoms with Crippen LogP contribution in [0.15, 0.2) is 24.3 Å². The first-order chi connectivity index (χ1) is 8.98. The summed E-state index contributed by atoms with van der Waals surface area (Å²) in [6.07, 6.45) is 0.864. The molecule has 4 nitrogen and oxygen atoms in total. The molecule has 1 amide bonds. The Kier molecular flexibility index (Phi) is 3.54. The van der Waals surface area contributed by atoms with Gasteiger partial charge >= 0.3 is 0 Å². The molecule has 19 heavy (non-hydrogen) atoms. The van der Waals surface area contributed by atoms with E-state index in [1.807, 2.05) is 24.3 Å². The van der Waals surface area contributed by atoms with Crippen molar-refractivity contribution in [1.29, 1.82) is 0 Å². The second-order valence-electron chi connectivity index (χ2n) is 5.74. The fraction of sp³-hybridized carbons (Fsp3) is 0.533. The number of nitrogens with one attached hydrogen (secondary N) is 1. The minimum atomic E-state index is -0.422. The molecule has 1 atom stereocenters. The summed E-state index contributed by atoms with van der Waals surface area (Å²) in [5.41, 5.74) is 6.07. The van der Waals surface area contributed by atoms with E-state index in [-0.39, 0.29) is 11.3 Å². The van der Waals surface area contributed by atoms with Crippen LogP contribution in [-0.4, -0.2) is 26.1 Å². The molecule has 4 heteroatoms. The van der Waals surface area contributed by atoms with E-state index in [4.69, 9.17) is 10.5 Å². The van der Waals surface area contributed by atoms with Gasteiger partial charge in [-0.25, -0.2) is 0 Å². The van der Waals surface area contributed by atoms with Crippen LogP contribution in [0.2, 0.25) is 0 Å². The van der Waals surface area contributed by atoms with Gasteiger partial charge in [0.2, 0.25) is 5.91 Å². The molecule has 0 heterocycles. The standard InChI is InChI=1S/C15H22N2O2/c1-14(2)10-15(14,13(18)17-9-8-16)11-4-6-12(19-3)7-5-11/h4-7H,8-10,16H2,1-3H3,(H,17,18)/t15-/m0/s1. The zero-order valence-corrected chi connectivity index (χ0v) is 11.8. The fourth-order valence-electron chi connectivity index (χ4n) is 2.84. The van der Waals surface area contributed by atoms with Gasteiger partial charge in [-0.2, -0.15) is 0 Å². The van der Waals surface area contributed by atoms with Crippen molar-refractivity contribution < 1.29 is 9.53 Å². The highest BCUT2D eigenvalue weighted by Gasteiger charge is 2.66. The van der Waals surface area contributed by atoms with Crippen LogP contribution in [0.25, 0.3) is 0 Å². The third-order valence-corrected chi connectivity index (χ3v) is 4.14. The summed E-state index contributed by atoms with van der Waals surface area (Å²) >= 11 is 0. The molecule has 1 saturated carbocycles. The smallest absolute Gasteiger partial charge is 0.231 e. The first kappa shape index (κ1) is 13.9. The van der Waals surface area contributed by atoms with Crippen molar-refractivity contribution in [1.82, 2.24) is 5.32 Å². The Hall–Kier alpha value is -1.55. The molecule has 0 bridgehead atoms. The maximum atomic E-state index is 12.5. The Morgan fingerprint density at radius 3 is 2.37 bits per heavy atom. The van der Waals surface area contributed by atoms with Gasteiger partial charge in [0.25, 0.3) is 0 Å². The van der Waals surface area contributed by atoms with Crippen LogP contribution < -0.4 is 15.8 Å². The van der Waals surface area contributed by atoms with E-state index in [1.54, 1.807) is 7.11 Å². The highest BCUT2D eigenvalue weighted by Crippen LogP contribution is 2.64. The summed E-state index contributed by atoms with van der Waals surface area (Å²) in [7, 11) is 1.64. The topological polar surface area (TPSA) is 64.3 Å². The SMILES string of the molecule is COc1ccc([C@]2(C(=O)NCCN)CC2(C)C)cc1. The van der Waals surface area contributed by atoms with Crippen molar-refractivity contribution in [3.8, 4) is 5.75 Å². The summed E-state index contributed by atoms with van der Waals surface area (Å²) in [5.74, 6) is 0.882. The van der Waals surface area contributed by atoms with Gasteiger partial charge < -0.3 is 15.8 Å². The van der Waals surface area contributed by atoms with Crippen LogP contribution >= 0.6 is 0 Å². The van der Waals surface area contributed by atoms with Gasteiger partial charge in [0.15, 0.2) is 0 Å². The van der Waals surface area contributed by atoms with E-state index in [9.17, 15) is 4.79 Å². The molecule has 3 N–H and O–H groups in total. The van der Waals surface area contributed by atoms with Crippen molar-refractivity contribution in [3.05, 3.63) is 29.8 Å². The van der Waals surface area contributed by atoms with E-state index in [0.29, 0.717) is 13.1 Å². The predicted molar refractivity (Wildman–Crippen MR) is 75.1 cm³/mol. The third kappa shape index (κ3) is 2.21. The van der Waals surface area contributed by atoms with Gasteiger partial charge in [0, 0.05) is 13.1 Å². The second kappa shape index (κ2) is 4.85. The number of hydrogen-bond acceptors (Lipinski definition) is 3. The van der Waals surface area contributed by atoms with E-state index in [0.717, 1.165) is 17.7 Å². The lowest BCUT2D eigenvalue weighted by molar-refractivity contribution is -0.124. The highest BCUT2D eigenvalue weighted by molar-refractivity contribution is 5.93. The van der Waals surface area contributed by atoms with Gasteiger partial charge in [-0.15, -0.1) is 0 Å². The summed E-state index contributed by atoms with van der Waals surface area (Å²) in [6.45, 7) is 5.23. The molecule has 2 rings (SSSR count). The molecule has 0 saturated heterocycles. The fourth-order valence-corrected chi connectivity index (χ4v) is 2.84. The lowest BCUT2D eigenvalue weighted by Crippen LogP contribution is -2.40. The van der Waals surface area contributed by atoms with Crippen molar-refractivity contribution >= 4 is 5.91 Å². The second-order valence-corrected chi connectivity index (χ2v) is 5.74. The van der Waals surface area contributed by atoms with Gasteiger partial charge in [0.1, 0.15) is 5.75 Å². The Labute approximate surface area is 114 Å². The molecule has 1 fully saturated rings. The number of hydrogen-bond donors (Lipinski definition) is 2. The molecule has 1 aromatic carbocycles. The first-order valence-electron chi connectivity index (χ1n) is 6.61. The number of methoxy groups -OCH3 is 1. The minimum absolute atomic E-state index is 0.0136. The van der Waals surface area contributed by atoms with Gasteiger partial charge in [0.05, 0.1) is 12.5 Å². The van der Waals surface area contributed by atoms with Crippen LogP contribution in [0, 0.1) is 5.41 Å². The number of nitrogens with two attached hydrogens (primary N) is 1. The number of amides is 1. The number of rotatable bonds is 5. The first-order valence-corrected chi connectivity index (χ1v) is 6.61. The molecule has 0 spiro atoms. The maximum Gasteiger partial charge on any atom is 0.231 e. The van der Waals surface area contributed by atoms with Gasteiger partial charge in [-0.05, 0) is 29.5 Å². The molecule has 0 unspecified atom stereocenters. The summed E-state index contributed by atoms with van der Waals surface area (Å²) < 4.78 is 5.16. The van der Waals surface area contributed by atoms with Crippen LogP contribution in [0.3, 0.4) is 0 Å². The van der Waals surface area contributed by atoms with Crippen LogP contribution in [-0.2, 0) is 10.2 Å². The number of carbonyl (C=O) groups is 1. The zero-order chi connectivity index (χ0) is 14.1. The average Bonchev–Trinajstić information content (AvgIpc) is 3.00. The molecule has 0 aromatic heterocycles. The summed E-state index contributed by atoms with van der Waals surface area (Å²) in [6, 6.07) is 7.77. The van der Waals surface area contributed by atoms with Crippen molar-refractivity contribution in [2.24, 2.45) is 11.1 Å². The van der Waals surface area contributed by atoms with E-state index in [2.05, 4.69) is 19.2 Å². The van der Waals surface area contributed by atoms with E-state index >= 15 is 0 Å². The molecule has 1 aromatic rings. The lowest BCUT2D eigenvalue weighted by Gasteiger charge is -2.20. The number of ether oxygens (including phenoxy) is 1. The zero-order valence-electron chi connectivity index (χ0n) is 11.8. The Morgan fingerprint density at radius 2 is 1.95 bits per heavy atom. The summed E-state index contributed by atoms with van der Waals surface area (Å²) in [4.78, 5) is 12.5. The quantitative estimate of drug-likeness (QED) is 0.844. The van der Waals surface area contributed by atoms with E-state index in [1.165, 1.54) is 0 Å². The molecule has 0 radical (unpaired) electrons. The van der Waals surface area contributed by atoms with Crippen molar-refractivity contribution in [2.75, 3.05) is 20.2 Å². The lowest BCUT2D eigenvalue weighted by atomic mass is 9.87. The third-order valence-electron chi connectivity index (χ3n) is 4.14. The monoisotopic (exact) mass is 262 g/mol. The number of benzene rings is 1. The van der Waals surface area contributed by atoms with Gasteiger partial charge in [-0.1, -0.05) is 26.0 Å². The van der Waals surface area contributed by atoms with E-state index < -0.39 is 5.41 Å². The minimum Gasteiger partial charge on any atom is -0.497 e. The largest absolute Gasteiger partial charge is 0.497 e. The molecule has 104 valence electrons. The predicted octanol–water partition coefficient (Wildman–Crippen LogP) is 1.44. The number of carbonyl (C=O) groups excluding carboxylic acids is 1. The van der Waals surface area contributed by atoms with Crippen molar-refractivity contribution in [2.45, 2.75) is 25.7 Å². The molecule has 1 aliphatic carbocycles. The Balaban J connectivity index is 2.27. The van der Waals surface area contributed by atoms with Crippen molar-refractivity contribution in [3.63, 3.8) is 0 Å². The highest BCUT2D eigenvalue weighted by atomic mass is 16.5. The molecular weight excluding hydrogens is 240 g/mol. The van der Waals surface area contributed by atoms with Crippen LogP contribution in [0.5, 0.6) is 5.75 Å². The van der Waals surface area contributed by atoms with Gasteiger partial charge in [-0.3, -0.25) is 4.79 Å². The van der Waals surface area contributed by atoms with Crippen LogP contribution in [0.1, 0.15) is 25.8 Å².